The first kappa shape index (κ1) is 20.9. The smallest absolute Gasteiger partial charge is 0.244 e. The molecule has 2 aromatic carbocycles. The number of nitrogens with zero attached hydrogens (tertiary/aromatic N) is 2. The van der Waals surface area contributed by atoms with Crippen LogP contribution < -0.4 is 5.32 Å². The third-order valence-corrected chi connectivity index (χ3v) is 7.73. The predicted octanol–water partition coefficient (Wildman–Crippen LogP) is 4.39. The van der Waals surface area contributed by atoms with Crippen molar-refractivity contribution >= 4 is 44.0 Å². The second-order valence-electron chi connectivity index (χ2n) is 6.76. The first-order valence-corrected chi connectivity index (χ1v) is 11.8. The Morgan fingerprint density at radius 2 is 1.87 bits per heavy atom. The second kappa shape index (κ2) is 8.43. The van der Waals surface area contributed by atoms with Crippen molar-refractivity contribution in [2.75, 3.05) is 11.9 Å². The molecule has 0 radical (unpaired) electrons. The van der Waals surface area contributed by atoms with Crippen LogP contribution in [0.25, 0.3) is 11.3 Å². The van der Waals surface area contributed by atoms with E-state index in [1.54, 1.807) is 17.5 Å². The van der Waals surface area contributed by atoms with Crippen LogP contribution in [0.15, 0.2) is 58.8 Å². The van der Waals surface area contributed by atoms with Crippen LogP contribution in [0.5, 0.6) is 0 Å². The molecule has 1 unspecified atom stereocenters. The monoisotopic (exact) mass is 465 g/mol. The number of thiazole rings is 1. The number of sulfonamides is 1. The van der Waals surface area contributed by atoms with Crippen LogP contribution in [0.2, 0.25) is 5.02 Å². The van der Waals surface area contributed by atoms with Gasteiger partial charge < -0.3 is 5.32 Å². The number of amides is 1. The Balaban J connectivity index is 1.50. The highest BCUT2D eigenvalue weighted by Crippen LogP contribution is 2.29. The van der Waals surface area contributed by atoms with E-state index in [9.17, 15) is 17.6 Å². The average Bonchev–Trinajstić information content (AvgIpc) is 3.39. The lowest BCUT2D eigenvalue weighted by Crippen LogP contribution is -2.43. The number of aromatic nitrogens is 1. The van der Waals surface area contributed by atoms with Crippen molar-refractivity contribution in [2.45, 2.75) is 23.8 Å². The van der Waals surface area contributed by atoms with Crippen molar-refractivity contribution in [1.82, 2.24) is 9.29 Å². The van der Waals surface area contributed by atoms with Gasteiger partial charge in [0.15, 0.2) is 5.13 Å². The maximum atomic E-state index is 13.2. The molecule has 1 aliphatic heterocycles. The molecule has 1 N–H and O–H groups in total. The van der Waals surface area contributed by atoms with E-state index in [-0.39, 0.29) is 11.4 Å². The molecule has 30 heavy (non-hydrogen) atoms. The Labute approximate surface area is 182 Å². The van der Waals surface area contributed by atoms with Crippen LogP contribution in [-0.4, -0.2) is 36.2 Å². The number of hydrogen-bond donors (Lipinski definition) is 1. The zero-order valence-electron chi connectivity index (χ0n) is 15.6. The molecule has 4 rings (SSSR count). The van der Waals surface area contributed by atoms with E-state index in [0.29, 0.717) is 28.7 Å². The van der Waals surface area contributed by atoms with E-state index in [4.69, 9.17) is 11.6 Å². The summed E-state index contributed by atoms with van der Waals surface area (Å²) in [4.78, 5) is 17.2. The highest BCUT2D eigenvalue weighted by molar-refractivity contribution is 7.89. The fourth-order valence-electron chi connectivity index (χ4n) is 3.30. The lowest BCUT2D eigenvalue weighted by Gasteiger charge is -2.23. The molecule has 3 aromatic rings. The summed E-state index contributed by atoms with van der Waals surface area (Å²) in [7, 11) is -3.91. The van der Waals surface area contributed by atoms with Gasteiger partial charge in [-0.3, -0.25) is 4.79 Å². The summed E-state index contributed by atoms with van der Waals surface area (Å²) in [6.45, 7) is 0.228. The summed E-state index contributed by atoms with van der Waals surface area (Å²) >= 11 is 7.16. The zero-order valence-corrected chi connectivity index (χ0v) is 18.0. The molecular weight excluding hydrogens is 449 g/mol. The minimum atomic E-state index is -3.91. The van der Waals surface area contributed by atoms with E-state index in [2.05, 4.69) is 10.3 Å². The molecule has 6 nitrogen and oxygen atoms in total. The van der Waals surface area contributed by atoms with E-state index >= 15 is 0 Å². The number of carbonyl (C=O) groups is 1. The fourth-order valence-corrected chi connectivity index (χ4v) is 5.81. The topological polar surface area (TPSA) is 79.4 Å². The van der Waals surface area contributed by atoms with Crippen molar-refractivity contribution in [2.24, 2.45) is 0 Å². The molecule has 1 aromatic heterocycles. The number of benzene rings is 2. The molecular formula is C20H17ClFN3O3S2. The number of carbonyl (C=O) groups excluding carboxylic acids is 1. The van der Waals surface area contributed by atoms with Gasteiger partial charge in [-0.25, -0.2) is 17.8 Å². The quantitative estimate of drug-likeness (QED) is 0.606. The van der Waals surface area contributed by atoms with Crippen LogP contribution in [0.3, 0.4) is 0 Å². The standard InChI is InChI=1S/C20H17ClFN3O3S2/c21-14-5-3-13(4-6-14)17-12-29-20(23-17)24-19(26)18-2-1-11-25(18)30(27,28)16-9-7-15(22)8-10-16/h3-10,12,18H,1-2,11H2,(H,23,24,26). The minimum absolute atomic E-state index is 0.0390. The van der Waals surface area contributed by atoms with Crippen molar-refractivity contribution in [3.05, 3.63) is 64.8 Å². The molecule has 1 atom stereocenters. The van der Waals surface area contributed by atoms with Gasteiger partial charge >= 0.3 is 0 Å². The van der Waals surface area contributed by atoms with Crippen LogP contribution in [-0.2, 0) is 14.8 Å². The molecule has 0 aliphatic carbocycles. The lowest BCUT2D eigenvalue weighted by atomic mass is 10.2. The highest BCUT2D eigenvalue weighted by atomic mass is 35.5. The van der Waals surface area contributed by atoms with Crippen molar-refractivity contribution in [3.63, 3.8) is 0 Å². The number of halogens is 2. The van der Waals surface area contributed by atoms with E-state index in [1.807, 2.05) is 12.1 Å². The minimum Gasteiger partial charge on any atom is -0.301 e. The van der Waals surface area contributed by atoms with Gasteiger partial charge in [0.05, 0.1) is 10.6 Å². The molecule has 1 saturated heterocycles. The van der Waals surface area contributed by atoms with E-state index in [0.717, 1.165) is 17.7 Å². The maximum Gasteiger partial charge on any atom is 0.244 e. The SMILES string of the molecule is O=C(Nc1nc(-c2ccc(Cl)cc2)cs1)C1CCCN1S(=O)(=O)c1ccc(F)cc1. The molecule has 1 fully saturated rings. The highest BCUT2D eigenvalue weighted by Gasteiger charge is 2.39. The Kier molecular flexibility index (Phi) is 5.88. The summed E-state index contributed by atoms with van der Waals surface area (Å²) < 4.78 is 40.2. The summed E-state index contributed by atoms with van der Waals surface area (Å²) in [6.07, 6.45) is 0.966. The van der Waals surface area contributed by atoms with Crippen molar-refractivity contribution < 1.29 is 17.6 Å². The second-order valence-corrected chi connectivity index (χ2v) is 9.95. The van der Waals surface area contributed by atoms with Gasteiger partial charge in [-0.05, 0) is 49.2 Å². The summed E-state index contributed by atoms with van der Waals surface area (Å²) in [5, 5.41) is 5.53. The van der Waals surface area contributed by atoms with Gasteiger partial charge in [0.1, 0.15) is 11.9 Å². The Morgan fingerprint density at radius 1 is 1.17 bits per heavy atom. The maximum absolute atomic E-state index is 13.2. The third kappa shape index (κ3) is 4.24. The summed E-state index contributed by atoms with van der Waals surface area (Å²) in [5.74, 6) is -0.958. The fraction of sp³-hybridized carbons (Fsp3) is 0.200. The molecule has 2 heterocycles. The van der Waals surface area contributed by atoms with Crippen LogP contribution >= 0.6 is 22.9 Å². The molecule has 156 valence electrons. The number of rotatable bonds is 5. The van der Waals surface area contributed by atoms with Gasteiger partial charge in [-0.1, -0.05) is 23.7 Å². The summed E-state index contributed by atoms with van der Waals surface area (Å²) in [6, 6.07) is 10.9. The van der Waals surface area contributed by atoms with Gasteiger partial charge in [0.25, 0.3) is 0 Å². The number of hydrogen-bond acceptors (Lipinski definition) is 5. The first-order chi connectivity index (χ1) is 14.3. The number of anilines is 1. The molecule has 0 spiro atoms. The van der Waals surface area contributed by atoms with Crippen LogP contribution in [0.4, 0.5) is 9.52 Å². The largest absolute Gasteiger partial charge is 0.301 e. The Morgan fingerprint density at radius 3 is 2.57 bits per heavy atom. The molecule has 0 saturated carbocycles. The van der Waals surface area contributed by atoms with E-state index in [1.165, 1.54) is 27.8 Å². The first-order valence-electron chi connectivity index (χ1n) is 9.14. The van der Waals surface area contributed by atoms with Crippen LogP contribution in [0.1, 0.15) is 12.8 Å². The van der Waals surface area contributed by atoms with Gasteiger partial charge in [0, 0.05) is 22.5 Å². The normalized spacial score (nSPS) is 17.2. The number of nitrogens with one attached hydrogen (secondary N) is 1. The van der Waals surface area contributed by atoms with Gasteiger partial charge in [-0.15, -0.1) is 11.3 Å². The molecule has 10 heteroatoms. The van der Waals surface area contributed by atoms with Crippen molar-refractivity contribution in [3.8, 4) is 11.3 Å². The Bertz CT molecular complexity index is 1160. The predicted molar refractivity (Wildman–Crippen MR) is 115 cm³/mol. The molecule has 1 aliphatic rings. The zero-order chi connectivity index (χ0) is 21.3. The van der Waals surface area contributed by atoms with Gasteiger partial charge in [0.2, 0.25) is 15.9 Å². The summed E-state index contributed by atoms with van der Waals surface area (Å²) in [5.41, 5.74) is 1.55. The van der Waals surface area contributed by atoms with Gasteiger partial charge in [-0.2, -0.15) is 4.31 Å². The Hall–Kier alpha value is -2.33. The third-order valence-electron chi connectivity index (χ3n) is 4.80. The average molecular weight is 466 g/mol. The molecule has 0 bridgehead atoms. The molecule has 1 amide bonds. The van der Waals surface area contributed by atoms with Crippen molar-refractivity contribution in [1.29, 1.82) is 0 Å². The van der Waals surface area contributed by atoms with Crippen LogP contribution in [0, 0.1) is 5.82 Å². The van der Waals surface area contributed by atoms with E-state index < -0.39 is 27.8 Å². The lowest BCUT2D eigenvalue weighted by molar-refractivity contribution is -0.119.